The first-order valence-electron chi connectivity index (χ1n) is 7.91. The molecule has 0 radical (unpaired) electrons. The molecular weight excluding hydrogens is 320 g/mol. The van der Waals surface area contributed by atoms with Crippen molar-refractivity contribution in [3.05, 3.63) is 95.6 Å². The molecular formula is C21H17F2NO. The van der Waals surface area contributed by atoms with Crippen molar-refractivity contribution < 1.29 is 13.6 Å². The number of hydrogen-bond donors (Lipinski definition) is 0. The van der Waals surface area contributed by atoms with Crippen LogP contribution in [0.1, 0.15) is 23.1 Å². The Morgan fingerprint density at radius 2 is 1.52 bits per heavy atom. The van der Waals surface area contributed by atoms with Crippen LogP contribution in [0.2, 0.25) is 0 Å². The molecule has 0 unspecified atom stereocenters. The fraction of sp³-hybridized carbons (Fsp3) is 0.0952. The minimum Gasteiger partial charge on any atom is -0.391 e. The molecule has 0 aliphatic heterocycles. The highest BCUT2D eigenvalue weighted by molar-refractivity contribution is 5.79. The fourth-order valence-corrected chi connectivity index (χ4v) is 2.48. The molecule has 3 aromatic carbocycles. The zero-order valence-electron chi connectivity index (χ0n) is 13.5. The molecule has 0 amide bonds. The summed E-state index contributed by atoms with van der Waals surface area (Å²) in [5.74, 6) is 0. The quantitative estimate of drug-likeness (QED) is 0.409. The minimum absolute atomic E-state index is 0.00476. The SMILES string of the molecule is FC(F)c1ccc(C=NOCc2ccccc2-c2ccccc2)cc1. The predicted molar refractivity (Wildman–Crippen MR) is 95.7 cm³/mol. The summed E-state index contributed by atoms with van der Waals surface area (Å²) in [4.78, 5) is 5.38. The van der Waals surface area contributed by atoms with Crippen LogP contribution in [0.4, 0.5) is 8.78 Å². The number of halogens is 2. The third-order valence-electron chi connectivity index (χ3n) is 3.79. The van der Waals surface area contributed by atoms with E-state index in [0.717, 1.165) is 16.7 Å². The minimum atomic E-state index is -2.46. The van der Waals surface area contributed by atoms with E-state index < -0.39 is 6.43 Å². The van der Waals surface area contributed by atoms with E-state index in [1.54, 1.807) is 12.1 Å². The Morgan fingerprint density at radius 3 is 2.24 bits per heavy atom. The fourth-order valence-electron chi connectivity index (χ4n) is 2.48. The average molecular weight is 337 g/mol. The van der Waals surface area contributed by atoms with Gasteiger partial charge in [-0.3, -0.25) is 0 Å². The summed E-state index contributed by atoms with van der Waals surface area (Å²) in [5, 5.41) is 3.93. The normalized spacial score (nSPS) is 11.2. The molecule has 25 heavy (non-hydrogen) atoms. The van der Waals surface area contributed by atoms with Gasteiger partial charge in [-0.05, 0) is 22.3 Å². The van der Waals surface area contributed by atoms with Gasteiger partial charge in [0, 0.05) is 5.56 Å². The number of benzene rings is 3. The van der Waals surface area contributed by atoms with E-state index in [0.29, 0.717) is 12.2 Å². The number of alkyl halides is 2. The van der Waals surface area contributed by atoms with Gasteiger partial charge in [-0.25, -0.2) is 8.78 Å². The van der Waals surface area contributed by atoms with Gasteiger partial charge in [0.15, 0.2) is 0 Å². The maximum atomic E-state index is 12.5. The van der Waals surface area contributed by atoms with E-state index in [1.807, 2.05) is 54.6 Å². The van der Waals surface area contributed by atoms with Gasteiger partial charge in [-0.15, -0.1) is 0 Å². The predicted octanol–water partition coefficient (Wildman–Crippen LogP) is 5.84. The van der Waals surface area contributed by atoms with Crippen molar-refractivity contribution in [3.63, 3.8) is 0 Å². The van der Waals surface area contributed by atoms with Crippen LogP contribution in [0.3, 0.4) is 0 Å². The number of oxime groups is 1. The van der Waals surface area contributed by atoms with Gasteiger partial charge in [0.2, 0.25) is 0 Å². The Bertz CT molecular complexity index is 830. The van der Waals surface area contributed by atoms with Gasteiger partial charge in [0.05, 0.1) is 6.21 Å². The molecule has 126 valence electrons. The first-order chi connectivity index (χ1) is 12.2. The molecule has 0 spiro atoms. The number of hydrogen-bond acceptors (Lipinski definition) is 2. The Kier molecular flexibility index (Phi) is 5.52. The third kappa shape index (κ3) is 4.51. The topological polar surface area (TPSA) is 21.6 Å². The number of rotatable bonds is 6. The maximum Gasteiger partial charge on any atom is 0.263 e. The summed E-state index contributed by atoms with van der Waals surface area (Å²) in [5.41, 5.74) is 3.95. The van der Waals surface area contributed by atoms with Crippen molar-refractivity contribution in [1.82, 2.24) is 0 Å². The second kappa shape index (κ2) is 8.20. The monoisotopic (exact) mass is 337 g/mol. The molecule has 0 aliphatic rings. The summed E-state index contributed by atoms with van der Waals surface area (Å²) in [6.07, 6.45) is -0.947. The van der Waals surface area contributed by atoms with Crippen LogP contribution in [0.5, 0.6) is 0 Å². The molecule has 0 atom stereocenters. The Hall–Kier alpha value is -3.01. The van der Waals surface area contributed by atoms with Crippen LogP contribution in [-0.2, 0) is 11.4 Å². The molecule has 0 fully saturated rings. The van der Waals surface area contributed by atoms with E-state index in [1.165, 1.54) is 18.3 Å². The van der Waals surface area contributed by atoms with Crippen LogP contribution >= 0.6 is 0 Å². The molecule has 0 bridgehead atoms. The van der Waals surface area contributed by atoms with E-state index in [2.05, 4.69) is 5.16 Å². The van der Waals surface area contributed by atoms with Crippen molar-refractivity contribution in [3.8, 4) is 11.1 Å². The summed E-state index contributed by atoms with van der Waals surface area (Å²) in [6.45, 7) is 0.330. The van der Waals surface area contributed by atoms with Crippen molar-refractivity contribution in [2.24, 2.45) is 5.16 Å². The lowest BCUT2D eigenvalue weighted by Crippen LogP contribution is -1.92. The molecule has 0 saturated heterocycles. The Labute approximate surface area is 145 Å². The van der Waals surface area contributed by atoms with Crippen LogP contribution in [0.15, 0.2) is 84.0 Å². The smallest absolute Gasteiger partial charge is 0.263 e. The summed E-state index contributed by atoms with van der Waals surface area (Å²) < 4.78 is 25.0. The lowest BCUT2D eigenvalue weighted by molar-refractivity contribution is 0.132. The van der Waals surface area contributed by atoms with E-state index >= 15 is 0 Å². The van der Waals surface area contributed by atoms with Crippen molar-refractivity contribution in [2.45, 2.75) is 13.0 Å². The molecule has 0 saturated carbocycles. The van der Waals surface area contributed by atoms with Gasteiger partial charge in [0.1, 0.15) is 6.61 Å². The lowest BCUT2D eigenvalue weighted by Gasteiger charge is -2.08. The zero-order valence-corrected chi connectivity index (χ0v) is 13.5. The first-order valence-corrected chi connectivity index (χ1v) is 7.91. The van der Waals surface area contributed by atoms with Gasteiger partial charge in [-0.1, -0.05) is 84.0 Å². The first kappa shape index (κ1) is 16.8. The number of nitrogens with zero attached hydrogens (tertiary/aromatic N) is 1. The van der Waals surface area contributed by atoms with Crippen molar-refractivity contribution in [1.29, 1.82) is 0 Å². The summed E-state index contributed by atoms with van der Waals surface area (Å²) in [6, 6.07) is 24.0. The molecule has 0 heterocycles. The standard InChI is InChI=1S/C21H17F2NO/c22-21(23)18-12-10-16(11-13-18)14-24-25-15-19-8-4-5-9-20(19)17-6-2-1-3-7-17/h1-14,21H,15H2. The lowest BCUT2D eigenvalue weighted by atomic mass is 10.0. The average Bonchev–Trinajstić information content (AvgIpc) is 2.66. The second-order valence-electron chi connectivity index (χ2n) is 5.50. The Morgan fingerprint density at radius 1 is 0.840 bits per heavy atom. The van der Waals surface area contributed by atoms with Gasteiger partial charge in [0.25, 0.3) is 6.43 Å². The zero-order chi connectivity index (χ0) is 17.5. The van der Waals surface area contributed by atoms with Gasteiger partial charge in [-0.2, -0.15) is 0 Å². The highest BCUT2D eigenvalue weighted by atomic mass is 19.3. The van der Waals surface area contributed by atoms with E-state index in [-0.39, 0.29) is 5.56 Å². The molecule has 2 nitrogen and oxygen atoms in total. The van der Waals surface area contributed by atoms with Crippen LogP contribution in [0, 0.1) is 0 Å². The van der Waals surface area contributed by atoms with Crippen molar-refractivity contribution in [2.75, 3.05) is 0 Å². The van der Waals surface area contributed by atoms with E-state index in [4.69, 9.17) is 4.84 Å². The van der Waals surface area contributed by atoms with Crippen LogP contribution in [0.25, 0.3) is 11.1 Å². The van der Waals surface area contributed by atoms with E-state index in [9.17, 15) is 8.78 Å². The molecule has 0 aliphatic carbocycles. The summed E-state index contributed by atoms with van der Waals surface area (Å²) in [7, 11) is 0. The third-order valence-corrected chi connectivity index (χ3v) is 3.79. The van der Waals surface area contributed by atoms with Gasteiger partial charge < -0.3 is 4.84 Å². The van der Waals surface area contributed by atoms with Gasteiger partial charge >= 0.3 is 0 Å². The second-order valence-corrected chi connectivity index (χ2v) is 5.50. The molecule has 3 rings (SSSR count). The maximum absolute atomic E-state index is 12.5. The van der Waals surface area contributed by atoms with Crippen molar-refractivity contribution >= 4 is 6.21 Å². The molecule has 0 N–H and O–H groups in total. The summed E-state index contributed by atoms with van der Waals surface area (Å²) >= 11 is 0. The Balaban J connectivity index is 1.64. The highest BCUT2D eigenvalue weighted by Gasteiger charge is 2.06. The molecule has 3 aromatic rings. The highest BCUT2D eigenvalue weighted by Crippen LogP contribution is 2.24. The largest absolute Gasteiger partial charge is 0.391 e. The van der Waals surface area contributed by atoms with Crippen LogP contribution < -0.4 is 0 Å². The molecule has 4 heteroatoms. The van der Waals surface area contributed by atoms with Crippen LogP contribution in [-0.4, -0.2) is 6.21 Å². The molecule has 0 aromatic heterocycles.